The second-order valence-electron chi connectivity index (χ2n) is 6.32. The van der Waals surface area contributed by atoms with Crippen molar-refractivity contribution in [2.75, 3.05) is 27.2 Å². The van der Waals surface area contributed by atoms with Crippen LogP contribution in [0.25, 0.3) is 21.8 Å². The average molecular weight is 341 g/mol. The van der Waals surface area contributed by atoms with Gasteiger partial charge in [0, 0.05) is 33.9 Å². The van der Waals surface area contributed by atoms with Gasteiger partial charge < -0.3 is 15.2 Å². The van der Waals surface area contributed by atoms with E-state index in [1.54, 1.807) is 18.2 Å². The van der Waals surface area contributed by atoms with Crippen LogP contribution in [-0.4, -0.2) is 43.0 Å². The Kier molecular flexibility index (Phi) is 4.81. The zero-order valence-electron chi connectivity index (χ0n) is 14.2. The summed E-state index contributed by atoms with van der Waals surface area (Å²) in [5, 5.41) is 3.50. The van der Waals surface area contributed by atoms with Gasteiger partial charge in [-0.2, -0.15) is 0 Å². The summed E-state index contributed by atoms with van der Waals surface area (Å²) in [5.41, 5.74) is 1.32. The van der Waals surface area contributed by atoms with Crippen molar-refractivity contribution in [2.45, 2.75) is 6.42 Å². The molecule has 0 bridgehead atoms. The third-order valence-electron chi connectivity index (χ3n) is 4.09. The minimum Gasteiger partial charge on any atom is -0.354 e. The topological polar surface area (TPSA) is 65.2 Å². The lowest BCUT2D eigenvalue weighted by Gasteiger charge is -2.10. The van der Waals surface area contributed by atoms with Crippen LogP contribution >= 0.6 is 0 Å². The van der Waals surface area contributed by atoms with Crippen molar-refractivity contribution in [3.63, 3.8) is 0 Å². The van der Waals surface area contributed by atoms with Gasteiger partial charge in [-0.1, -0.05) is 0 Å². The van der Waals surface area contributed by atoms with Gasteiger partial charge in [0.05, 0.1) is 0 Å². The number of carbonyl (C=O) groups is 1. The number of aromatic amines is 1. The maximum absolute atomic E-state index is 13.4. The highest BCUT2D eigenvalue weighted by atomic mass is 19.1. The fourth-order valence-electron chi connectivity index (χ4n) is 2.79. The second kappa shape index (κ2) is 7.03. The Morgan fingerprint density at radius 3 is 2.52 bits per heavy atom. The highest BCUT2D eigenvalue weighted by Crippen LogP contribution is 2.17. The lowest BCUT2D eigenvalue weighted by Crippen LogP contribution is -2.27. The SMILES string of the molecule is CN(C)CCCNC(=O)c1ccc2[nH]c3ccc(F)cc3c(=O)c2c1. The highest BCUT2D eigenvalue weighted by Gasteiger charge is 2.10. The third kappa shape index (κ3) is 3.69. The number of carbonyl (C=O) groups excluding carboxylic acids is 1. The fourth-order valence-corrected chi connectivity index (χ4v) is 2.79. The summed E-state index contributed by atoms with van der Waals surface area (Å²) >= 11 is 0. The first kappa shape index (κ1) is 17.1. The minimum atomic E-state index is -0.466. The Morgan fingerprint density at radius 2 is 1.80 bits per heavy atom. The largest absolute Gasteiger partial charge is 0.354 e. The summed E-state index contributed by atoms with van der Waals surface area (Å²) < 4.78 is 13.4. The summed E-state index contributed by atoms with van der Waals surface area (Å²) in [4.78, 5) is 30.0. The zero-order chi connectivity index (χ0) is 18.0. The van der Waals surface area contributed by atoms with Crippen LogP contribution in [0.2, 0.25) is 0 Å². The van der Waals surface area contributed by atoms with Crippen LogP contribution in [0.1, 0.15) is 16.8 Å². The zero-order valence-corrected chi connectivity index (χ0v) is 14.2. The molecule has 3 aromatic rings. The number of nitrogens with one attached hydrogen (secondary N) is 2. The molecule has 2 aromatic carbocycles. The lowest BCUT2D eigenvalue weighted by atomic mass is 10.1. The molecule has 0 saturated carbocycles. The number of halogens is 1. The first-order valence-electron chi connectivity index (χ1n) is 8.14. The van der Waals surface area contributed by atoms with E-state index in [2.05, 4.69) is 10.3 Å². The van der Waals surface area contributed by atoms with E-state index in [-0.39, 0.29) is 16.7 Å². The van der Waals surface area contributed by atoms with Gasteiger partial charge in [-0.25, -0.2) is 4.39 Å². The van der Waals surface area contributed by atoms with Crippen molar-refractivity contribution in [1.82, 2.24) is 15.2 Å². The maximum atomic E-state index is 13.4. The Hall–Kier alpha value is -2.73. The van der Waals surface area contributed by atoms with Crippen LogP contribution in [0.4, 0.5) is 4.39 Å². The number of fused-ring (bicyclic) bond motifs is 2. The van der Waals surface area contributed by atoms with Gasteiger partial charge in [0.1, 0.15) is 5.82 Å². The van der Waals surface area contributed by atoms with E-state index in [9.17, 15) is 14.0 Å². The fraction of sp³-hybridized carbons (Fsp3) is 0.263. The quantitative estimate of drug-likeness (QED) is 0.554. The van der Waals surface area contributed by atoms with E-state index in [0.717, 1.165) is 13.0 Å². The molecule has 25 heavy (non-hydrogen) atoms. The van der Waals surface area contributed by atoms with Gasteiger partial charge in [0.2, 0.25) is 0 Å². The summed E-state index contributed by atoms with van der Waals surface area (Å²) in [6.45, 7) is 1.45. The van der Waals surface area contributed by atoms with Gasteiger partial charge >= 0.3 is 0 Å². The number of rotatable bonds is 5. The molecule has 5 nitrogen and oxygen atoms in total. The molecule has 1 heterocycles. The number of hydrogen-bond acceptors (Lipinski definition) is 3. The molecule has 130 valence electrons. The maximum Gasteiger partial charge on any atom is 0.251 e. The van der Waals surface area contributed by atoms with Crippen molar-refractivity contribution in [3.05, 3.63) is 58.0 Å². The predicted octanol–water partition coefficient (Wildman–Crippen LogP) is 2.50. The number of H-pyrrole nitrogens is 1. The van der Waals surface area contributed by atoms with Crippen LogP contribution in [0.5, 0.6) is 0 Å². The van der Waals surface area contributed by atoms with E-state index in [0.29, 0.717) is 28.5 Å². The van der Waals surface area contributed by atoms with Crippen LogP contribution in [0, 0.1) is 5.82 Å². The van der Waals surface area contributed by atoms with Gasteiger partial charge in [0.15, 0.2) is 5.43 Å². The Balaban J connectivity index is 1.91. The molecular formula is C19H20FN3O2. The van der Waals surface area contributed by atoms with Gasteiger partial charge in [-0.15, -0.1) is 0 Å². The predicted molar refractivity (Wildman–Crippen MR) is 97.5 cm³/mol. The van der Waals surface area contributed by atoms with E-state index in [1.807, 2.05) is 19.0 Å². The van der Waals surface area contributed by atoms with Gasteiger partial charge in [-0.05, 0) is 63.5 Å². The molecule has 0 fully saturated rings. The van der Waals surface area contributed by atoms with Gasteiger partial charge in [0.25, 0.3) is 5.91 Å². The molecule has 0 saturated heterocycles. The molecule has 0 unspecified atom stereocenters. The average Bonchev–Trinajstić information content (AvgIpc) is 2.59. The molecule has 1 amide bonds. The molecular weight excluding hydrogens is 321 g/mol. The molecule has 0 aliphatic heterocycles. The van der Waals surface area contributed by atoms with E-state index < -0.39 is 5.82 Å². The summed E-state index contributed by atoms with van der Waals surface area (Å²) in [6, 6.07) is 8.99. The number of benzene rings is 2. The van der Waals surface area contributed by atoms with Crippen molar-refractivity contribution in [3.8, 4) is 0 Å². The van der Waals surface area contributed by atoms with Crippen LogP contribution in [-0.2, 0) is 0 Å². The molecule has 0 aliphatic rings. The Bertz CT molecular complexity index is 995. The molecule has 0 spiro atoms. The molecule has 0 aliphatic carbocycles. The van der Waals surface area contributed by atoms with Gasteiger partial charge in [-0.3, -0.25) is 9.59 Å². The number of aromatic nitrogens is 1. The summed E-state index contributed by atoms with van der Waals surface area (Å²) in [6.07, 6.45) is 0.844. The monoisotopic (exact) mass is 341 g/mol. The number of pyridine rings is 1. The smallest absolute Gasteiger partial charge is 0.251 e. The Morgan fingerprint density at radius 1 is 1.12 bits per heavy atom. The standard InChI is InChI=1S/C19H20FN3O2/c1-23(2)9-3-8-21-19(25)12-4-6-16-14(10-12)18(24)15-11-13(20)5-7-17(15)22-16/h4-7,10-11H,3,8-9H2,1-2H3,(H,21,25)(H,22,24). The van der Waals surface area contributed by atoms with Crippen molar-refractivity contribution >= 4 is 27.7 Å². The molecule has 3 rings (SSSR count). The van der Waals surface area contributed by atoms with Crippen molar-refractivity contribution < 1.29 is 9.18 Å². The normalized spacial score (nSPS) is 11.4. The van der Waals surface area contributed by atoms with E-state index >= 15 is 0 Å². The molecule has 0 radical (unpaired) electrons. The van der Waals surface area contributed by atoms with Crippen LogP contribution in [0.15, 0.2) is 41.2 Å². The first-order chi connectivity index (χ1) is 12.0. The molecule has 6 heteroatoms. The highest BCUT2D eigenvalue weighted by molar-refractivity contribution is 6.00. The van der Waals surface area contributed by atoms with E-state index in [1.165, 1.54) is 18.2 Å². The lowest BCUT2D eigenvalue weighted by molar-refractivity contribution is 0.0952. The van der Waals surface area contributed by atoms with Crippen LogP contribution < -0.4 is 10.7 Å². The van der Waals surface area contributed by atoms with E-state index in [4.69, 9.17) is 0 Å². The number of nitrogens with zero attached hydrogens (tertiary/aromatic N) is 1. The number of hydrogen-bond donors (Lipinski definition) is 2. The number of amides is 1. The molecule has 0 atom stereocenters. The summed E-state index contributed by atoms with van der Waals surface area (Å²) in [7, 11) is 3.95. The minimum absolute atomic E-state index is 0.223. The third-order valence-corrected chi connectivity index (χ3v) is 4.09. The van der Waals surface area contributed by atoms with Crippen molar-refractivity contribution in [1.29, 1.82) is 0 Å². The van der Waals surface area contributed by atoms with Crippen LogP contribution in [0.3, 0.4) is 0 Å². The molecule has 1 aromatic heterocycles. The molecule has 2 N–H and O–H groups in total. The second-order valence-corrected chi connectivity index (χ2v) is 6.32. The first-order valence-corrected chi connectivity index (χ1v) is 8.14. The summed E-state index contributed by atoms with van der Waals surface area (Å²) in [5.74, 6) is -0.688. The Labute approximate surface area is 144 Å². The van der Waals surface area contributed by atoms with Crippen molar-refractivity contribution in [2.24, 2.45) is 0 Å².